The fourth-order valence-electron chi connectivity index (χ4n) is 3.42. The molecule has 4 N–H and O–H groups in total. The lowest BCUT2D eigenvalue weighted by Crippen LogP contribution is -2.39. The number of nitro benzene ring substituents is 1. The second-order valence-electron chi connectivity index (χ2n) is 8.25. The molecule has 0 aliphatic rings. The average molecular weight is 486 g/mol. The van der Waals surface area contributed by atoms with Crippen LogP contribution in [0.15, 0.2) is 36.5 Å². The van der Waals surface area contributed by atoms with Crippen molar-refractivity contribution in [1.29, 1.82) is 0 Å². The molecule has 2 rings (SSSR count). The van der Waals surface area contributed by atoms with E-state index >= 15 is 0 Å². The minimum atomic E-state index is -1.17. The Morgan fingerprint density at radius 3 is 2.54 bits per heavy atom. The first-order chi connectivity index (χ1) is 16.7. The maximum Gasteiger partial charge on any atom is 0.305 e. The zero-order valence-corrected chi connectivity index (χ0v) is 19.9. The zero-order valence-electron chi connectivity index (χ0n) is 19.9. The number of aromatic nitrogens is 1. The van der Waals surface area contributed by atoms with Crippen LogP contribution in [0.5, 0.6) is 0 Å². The molecular weight excluding hydrogens is 454 g/mol. The first kappa shape index (κ1) is 27.2. The van der Waals surface area contributed by atoms with Crippen molar-refractivity contribution in [2.24, 2.45) is 0 Å². The van der Waals surface area contributed by atoms with Crippen molar-refractivity contribution in [2.75, 3.05) is 18.4 Å². The van der Waals surface area contributed by atoms with Crippen molar-refractivity contribution in [3.8, 4) is 0 Å². The van der Waals surface area contributed by atoms with Crippen molar-refractivity contribution < 1.29 is 24.4 Å². The molecule has 0 saturated heterocycles. The molecule has 35 heavy (non-hydrogen) atoms. The first-order valence-electron chi connectivity index (χ1n) is 11.3. The molecule has 0 radical (unpaired) electrons. The van der Waals surface area contributed by atoms with Crippen LogP contribution in [0.1, 0.15) is 54.8 Å². The molecule has 0 spiro atoms. The molecule has 0 aliphatic carbocycles. The number of carbonyl (C=O) groups is 3. The van der Waals surface area contributed by atoms with Crippen LogP contribution in [-0.4, -0.2) is 45.9 Å². The summed E-state index contributed by atoms with van der Waals surface area (Å²) in [5, 5.41) is 28.7. The smallest absolute Gasteiger partial charge is 0.305 e. The topological polar surface area (TPSA) is 164 Å². The van der Waals surface area contributed by atoms with Gasteiger partial charge in [-0.15, -0.1) is 0 Å². The van der Waals surface area contributed by atoms with E-state index in [9.17, 15) is 29.6 Å². The van der Waals surface area contributed by atoms with E-state index in [1.807, 2.05) is 19.1 Å². The van der Waals surface area contributed by atoms with Gasteiger partial charge in [-0.2, -0.15) is 0 Å². The number of carboxylic acid groups (broad SMARTS) is 1. The molecule has 1 aromatic heterocycles. The standard InChI is InChI=1S/C24H31N5O6/c1-16-9-11-26-21(12-16)25-10-5-3-4-6-22(30)27-15-23(31)28-19(14-24(32)33)18-8-7-17(2)20(13-18)29(34)35/h7-9,11-13,19H,3-6,10,14-15H2,1-2H3,(H,25,26)(H,27,30)(H,28,31)(H,32,33). The summed E-state index contributed by atoms with van der Waals surface area (Å²) >= 11 is 0. The number of carbonyl (C=O) groups excluding carboxylic acids is 2. The van der Waals surface area contributed by atoms with Crippen LogP contribution >= 0.6 is 0 Å². The number of amides is 2. The molecule has 2 amide bonds. The van der Waals surface area contributed by atoms with Gasteiger partial charge in [0.1, 0.15) is 5.82 Å². The Bertz CT molecular complexity index is 1060. The van der Waals surface area contributed by atoms with Gasteiger partial charge in [0.15, 0.2) is 0 Å². The van der Waals surface area contributed by atoms with Gasteiger partial charge in [0.2, 0.25) is 11.8 Å². The Labute approximate surface area is 203 Å². The van der Waals surface area contributed by atoms with Crippen LogP contribution in [0.3, 0.4) is 0 Å². The predicted octanol–water partition coefficient (Wildman–Crippen LogP) is 3.03. The SMILES string of the molecule is Cc1ccnc(NCCCCCC(=O)NCC(=O)NC(CC(=O)O)c2ccc(C)c([N+](=O)[O-])c2)c1. The van der Waals surface area contributed by atoms with Crippen LogP contribution < -0.4 is 16.0 Å². The van der Waals surface area contributed by atoms with Gasteiger partial charge >= 0.3 is 5.97 Å². The van der Waals surface area contributed by atoms with Crippen LogP contribution in [0.25, 0.3) is 0 Å². The summed E-state index contributed by atoms with van der Waals surface area (Å²) < 4.78 is 0. The van der Waals surface area contributed by atoms with Gasteiger partial charge < -0.3 is 21.1 Å². The number of aryl methyl sites for hydroxylation is 2. The van der Waals surface area contributed by atoms with Crippen molar-refractivity contribution in [3.63, 3.8) is 0 Å². The van der Waals surface area contributed by atoms with E-state index in [4.69, 9.17) is 0 Å². The van der Waals surface area contributed by atoms with Crippen molar-refractivity contribution >= 4 is 29.3 Å². The average Bonchev–Trinajstić information content (AvgIpc) is 2.79. The molecule has 1 aromatic carbocycles. The van der Waals surface area contributed by atoms with Crippen LogP contribution in [0.2, 0.25) is 0 Å². The summed E-state index contributed by atoms with van der Waals surface area (Å²) in [5.41, 5.74) is 1.69. The highest BCUT2D eigenvalue weighted by Crippen LogP contribution is 2.25. The minimum Gasteiger partial charge on any atom is -0.481 e. The third kappa shape index (κ3) is 9.78. The van der Waals surface area contributed by atoms with E-state index in [1.54, 1.807) is 19.2 Å². The number of hydrogen-bond acceptors (Lipinski definition) is 7. The normalized spacial score (nSPS) is 11.4. The maximum absolute atomic E-state index is 12.3. The quantitative estimate of drug-likeness (QED) is 0.180. The van der Waals surface area contributed by atoms with Crippen LogP contribution in [0, 0.1) is 24.0 Å². The van der Waals surface area contributed by atoms with Gasteiger partial charge in [0, 0.05) is 30.8 Å². The number of hydrogen-bond donors (Lipinski definition) is 4. The van der Waals surface area contributed by atoms with Crippen LogP contribution in [-0.2, 0) is 14.4 Å². The number of unbranched alkanes of at least 4 members (excludes halogenated alkanes) is 2. The fraction of sp³-hybridized carbons (Fsp3) is 0.417. The molecule has 11 heteroatoms. The number of anilines is 1. The minimum absolute atomic E-state index is 0.161. The Balaban J connectivity index is 1.74. The molecule has 1 atom stereocenters. The summed E-state index contributed by atoms with van der Waals surface area (Å²) in [4.78, 5) is 50.4. The van der Waals surface area contributed by atoms with Crippen molar-refractivity contribution in [2.45, 2.75) is 52.0 Å². The predicted molar refractivity (Wildman–Crippen MR) is 130 cm³/mol. The largest absolute Gasteiger partial charge is 0.481 e. The van der Waals surface area contributed by atoms with Gasteiger partial charge in [-0.25, -0.2) is 4.98 Å². The van der Waals surface area contributed by atoms with Gasteiger partial charge in [0.25, 0.3) is 5.69 Å². The number of pyridine rings is 1. The Kier molecular flexibility index (Phi) is 10.6. The lowest BCUT2D eigenvalue weighted by molar-refractivity contribution is -0.385. The lowest BCUT2D eigenvalue weighted by atomic mass is 10.0. The summed E-state index contributed by atoms with van der Waals surface area (Å²) in [5.74, 6) is -1.22. The van der Waals surface area contributed by atoms with E-state index in [0.29, 0.717) is 17.5 Å². The first-order valence-corrected chi connectivity index (χ1v) is 11.3. The molecule has 0 fully saturated rings. The number of rotatable bonds is 14. The van der Waals surface area contributed by atoms with E-state index < -0.39 is 29.3 Å². The second-order valence-corrected chi connectivity index (χ2v) is 8.25. The summed E-state index contributed by atoms with van der Waals surface area (Å²) in [6.45, 7) is 3.98. The number of benzene rings is 1. The van der Waals surface area contributed by atoms with E-state index in [-0.39, 0.29) is 24.6 Å². The molecule has 1 heterocycles. The molecule has 188 valence electrons. The molecule has 0 bridgehead atoms. The molecule has 11 nitrogen and oxygen atoms in total. The lowest BCUT2D eigenvalue weighted by Gasteiger charge is -2.18. The fourth-order valence-corrected chi connectivity index (χ4v) is 3.42. The third-order valence-corrected chi connectivity index (χ3v) is 5.29. The molecule has 2 aromatic rings. The number of carboxylic acids is 1. The highest BCUT2D eigenvalue weighted by atomic mass is 16.6. The Morgan fingerprint density at radius 2 is 1.86 bits per heavy atom. The summed E-state index contributed by atoms with van der Waals surface area (Å²) in [6.07, 6.45) is 3.90. The van der Waals surface area contributed by atoms with Gasteiger partial charge in [-0.05, 0) is 49.9 Å². The molecule has 1 unspecified atom stereocenters. The van der Waals surface area contributed by atoms with Crippen molar-refractivity contribution in [1.82, 2.24) is 15.6 Å². The number of nitrogens with zero attached hydrogens (tertiary/aromatic N) is 2. The third-order valence-electron chi connectivity index (χ3n) is 5.29. The Hall–Kier alpha value is -4.02. The summed E-state index contributed by atoms with van der Waals surface area (Å²) in [6, 6.07) is 7.21. The van der Waals surface area contributed by atoms with Gasteiger partial charge in [0.05, 0.1) is 23.9 Å². The van der Waals surface area contributed by atoms with Crippen LogP contribution in [0.4, 0.5) is 11.5 Å². The monoisotopic (exact) mass is 485 g/mol. The highest BCUT2D eigenvalue weighted by Gasteiger charge is 2.21. The number of aliphatic carboxylic acids is 1. The molecule has 0 saturated carbocycles. The molecule has 0 aliphatic heterocycles. The number of nitro groups is 1. The second kappa shape index (κ2) is 13.6. The van der Waals surface area contributed by atoms with Gasteiger partial charge in [-0.1, -0.05) is 18.6 Å². The zero-order chi connectivity index (χ0) is 25.8. The van der Waals surface area contributed by atoms with E-state index in [2.05, 4.69) is 20.9 Å². The van der Waals surface area contributed by atoms with Gasteiger partial charge in [-0.3, -0.25) is 24.5 Å². The number of nitrogens with one attached hydrogen (secondary N) is 3. The highest BCUT2D eigenvalue weighted by molar-refractivity contribution is 5.85. The maximum atomic E-state index is 12.3. The van der Waals surface area contributed by atoms with Crippen molar-refractivity contribution in [3.05, 3.63) is 63.3 Å². The molecular formula is C24H31N5O6. The Morgan fingerprint density at radius 1 is 1.09 bits per heavy atom. The summed E-state index contributed by atoms with van der Waals surface area (Å²) in [7, 11) is 0. The van der Waals surface area contributed by atoms with E-state index in [1.165, 1.54) is 12.1 Å². The van der Waals surface area contributed by atoms with E-state index in [0.717, 1.165) is 30.8 Å².